The summed E-state index contributed by atoms with van der Waals surface area (Å²) in [6.45, 7) is 8.23. The minimum Gasteiger partial charge on any atom is -0.462 e. The molecule has 4 rings (SSSR count). The maximum atomic E-state index is 12.8. The molecule has 2 aliphatic carbocycles. The highest BCUT2D eigenvalue weighted by Crippen LogP contribution is 2.46. The molecule has 38 heavy (non-hydrogen) atoms. The molecule has 0 saturated carbocycles. The molecular weight excluding hydrogens is 498 g/mol. The van der Waals surface area contributed by atoms with E-state index in [2.05, 4.69) is 43.4 Å². The zero-order valence-electron chi connectivity index (χ0n) is 22.7. The second-order valence-electron chi connectivity index (χ2n) is 10.0. The van der Waals surface area contributed by atoms with Crippen LogP contribution in [0.3, 0.4) is 0 Å². The molecule has 6 heteroatoms. The van der Waals surface area contributed by atoms with Gasteiger partial charge in [-0.1, -0.05) is 54.9 Å². The Morgan fingerprint density at radius 3 is 2.42 bits per heavy atom. The molecule has 0 fully saturated rings. The largest absolute Gasteiger partial charge is 0.462 e. The smallest absolute Gasteiger partial charge is 0.340 e. The Balaban J connectivity index is 1.70. The zero-order valence-corrected chi connectivity index (χ0v) is 23.4. The number of hydrogen-bond acceptors (Lipinski definition) is 4. The molecule has 0 radical (unpaired) electrons. The number of carbonyl (C=O) groups is 2. The van der Waals surface area contributed by atoms with Crippen molar-refractivity contribution in [2.45, 2.75) is 72.0 Å². The van der Waals surface area contributed by atoms with Crippen LogP contribution in [0.15, 0.2) is 70.8 Å². The Morgan fingerprint density at radius 2 is 1.74 bits per heavy atom. The fourth-order valence-corrected chi connectivity index (χ4v) is 5.36. The molecule has 1 N–H and O–H groups in total. The summed E-state index contributed by atoms with van der Waals surface area (Å²) in [5.74, 6) is -0.696. The van der Waals surface area contributed by atoms with Crippen LogP contribution in [-0.4, -0.2) is 24.1 Å². The molecule has 0 saturated heterocycles. The van der Waals surface area contributed by atoms with Crippen molar-refractivity contribution in [2.75, 3.05) is 11.9 Å². The van der Waals surface area contributed by atoms with Gasteiger partial charge in [0, 0.05) is 18.4 Å². The number of amides is 1. The molecule has 0 aliphatic heterocycles. The Labute approximate surface area is 230 Å². The Kier molecular flexibility index (Phi) is 8.91. The second kappa shape index (κ2) is 12.1. The van der Waals surface area contributed by atoms with Gasteiger partial charge in [0.15, 0.2) is 0 Å². The van der Waals surface area contributed by atoms with Crippen LogP contribution in [0.1, 0.15) is 80.4 Å². The summed E-state index contributed by atoms with van der Waals surface area (Å²) in [5, 5.41) is 3.46. The monoisotopic (exact) mass is 533 g/mol. The van der Waals surface area contributed by atoms with Gasteiger partial charge in [0.2, 0.25) is 5.91 Å². The predicted molar refractivity (Wildman–Crippen MR) is 153 cm³/mol. The molecule has 0 aromatic heterocycles. The van der Waals surface area contributed by atoms with E-state index >= 15 is 0 Å². The average molecular weight is 534 g/mol. The van der Waals surface area contributed by atoms with Gasteiger partial charge in [0.25, 0.3) is 0 Å². The summed E-state index contributed by atoms with van der Waals surface area (Å²) < 4.78 is 11.9. The van der Waals surface area contributed by atoms with E-state index in [0.717, 1.165) is 42.4 Å². The number of benzene rings is 2. The molecule has 5 nitrogen and oxygen atoms in total. The molecular formula is C32H36ClNO4. The highest BCUT2D eigenvalue weighted by atomic mass is 35.5. The van der Waals surface area contributed by atoms with E-state index in [9.17, 15) is 9.59 Å². The lowest BCUT2D eigenvalue weighted by molar-refractivity contribution is -0.114. The van der Waals surface area contributed by atoms with Crippen molar-refractivity contribution in [3.63, 3.8) is 0 Å². The minimum atomic E-state index is -0.535. The first-order chi connectivity index (χ1) is 18.2. The maximum absolute atomic E-state index is 12.8. The van der Waals surface area contributed by atoms with Crippen LogP contribution in [0.5, 0.6) is 0 Å². The van der Waals surface area contributed by atoms with Gasteiger partial charge < -0.3 is 14.8 Å². The topological polar surface area (TPSA) is 64.6 Å². The lowest BCUT2D eigenvalue weighted by Crippen LogP contribution is -2.33. The molecule has 0 heterocycles. The van der Waals surface area contributed by atoms with Gasteiger partial charge in [-0.05, 0) is 91.1 Å². The summed E-state index contributed by atoms with van der Waals surface area (Å²) in [5.41, 5.74) is 7.12. The Bertz CT molecular complexity index is 1310. The number of ether oxygens (including phenoxy) is 2. The van der Waals surface area contributed by atoms with Gasteiger partial charge in [-0.3, -0.25) is 4.79 Å². The second-order valence-corrected chi connectivity index (χ2v) is 10.4. The van der Waals surface area contributed by atoms with Crippen molar-refractivity contribution in [3.05, 3.63) is 93.0 Å². The first-order valence-corrected chi connectivity index (χ1v) is 13.7. The first-order valence-electron chi connectivity index (χ1n) is 13.3. The minimum absolute atomic E-state index is 0.241. The third kappa shape index (κ3) is 6.28. The fraction of sp³-hybridized carbons (Fsp3) is 0.375. The van der Waals surface area contributed by atoms with Crippen molar-refractivity contribution in [1.82, 2.24) is 0 Å². The Hall–Kier alpha value is -3.15. The van der Waals surface area contributed by atoms with Crippen molar-refractivity contribution in [1.29, 1.82) is 0 Å². The number of allylic oxidation sites excluding steroid dienone is 3. The van der Waals surface area contributed by atoms with E-state index in [0.29, 0.717) is 29.3 Å². The third-order valence-electron chi connectivity index (χ3n) is 7.24. The summed E-state index contributed by atoms with van der Waals surface area (Å²) in [6, 6.07) is 14.1. The summed E-state index contributed by atoms with van der Waals surface area (Å²) >= 11 is 6.54. The van der Waals surface area contributed by atoms with E-state index in [1.54, 1.807) is 13.0 Å². The van der Waals surface area contributed by atoms with Crippen LogP contribution < -0.4 is 5.32 Å². The Morgan fingerprint density at radius 1 is 1.03 bits per heavy atom. The molecule has 1 unspecified atom stereocenters. The first kappa shape index (κ1) is 27.9. The average Bonchev–Trinajstić information content (AvgIpc) is 3.39. The summed E-state index contributed by atoms with van der Waals surface area (Å²) in [6.07, 6.45) is 8.51. The molecule has 2 aromatic carbocycles. The van der Waals surface area contributed by atoms with Crippen LogP contribution in [0.4, 0.5) is 5.69 Å². The van der Waals surface area contributed by atoms with Crippen molar-refractivity contribution < 1.29 is 19.1 Å². The summed E-state index contributed by atoms with van der Waals surface area (Å²) in [7, 11) is 0. The highest BCUT2D eigenvalue weighted by Gasteiger charge is 2.36. The molecule has 2 aliphatic rings. The van der Waals surface area contributed by atoms with Crippen LogP contribution in [0.2, 0.25) is 0 Å². The van der Waals surface area contributed by atoms with Crippen LogP contribution in [0, 0.1) is 0 Å². The molecule has 200 valence electrons. The maximum Gasteiger partial charge on any atom is 0.340 e. The molecule has 1 amide bonds. The van der Waals surface area contributed by atoms with E-state index < -0.39 is 11.6 Å². The van der Waals surface area contributed by atoms with Crippen molar-refractivity contribution in [3.8, 4) is 0 Å². The van der Waals surface area contributed by atoms with Crippen molar-refractivity contribution >= 4 is 34.7 Å². The fourth-order valence-electron chi connectivity index (χ4n) is 5.18. The zero-order chi connectivity index (χ0) is 27.3. The quantitative estimate of drug-likeness (QED) is 0.335. The van der Waals surface area contributed by atoms with E-state index in [4.69, 9.17) is 21.1 Å². The number of carbonyl (C=O) groups excluding carboxylic acids is 2. The van der Waals surface area contributed by atoms with Crippen LogP contribution in [-0.2, 0) is 27.3 Å². The summed E-state index contributed by atoms with van der Waals surface area (Å²) in [4.78, 5) is 24.5. The van der Waals surface area contributed by atoms with Gasteiger partial charge in [-0.2, -0.15) is 0 Å². The number of hydrogen-bond donors (Lipinski definition) is 1. The van der Waals surface area contributed by atoms with Gasteiger partial charge in [-0.15, -0.1) is 0 Å². The predicted octanol–water partition coefficient (Wildman–Crippen LogP) is 7.75. The number of anilines is 1. The SMILES string of the molecule is CCOC(=O)c1cc(C2=C(C3=CC(Cl)=CCC3(C)OCc3ccc(CC)cc3)CCC2)ccc1NC(C)=O. The van der Waals surface area contributed by atoms with E-state index in [1.807, 2.05) is 24.3 Å². The van der Waals surface area contributed by atoms with Gasteiger partial charge in [0.1, 0.15) is 0 Å². The van der Waals surface area contributed by atoms with Gasteiger partial charge in [0.05, 0.1) is 30.1 Å². The van der Waals surface area contributed by atoms with Gasteiger partial charge in [-0.25, -0.2) is 4.79 Å². The molecule has 0 bridgehead atoms. The number of rotatable bonds is 9. The lowest BCUT2D eigenvalue weighted by Gasteiger charge is -2.36. The van der Waals surface area contributed by atoms with Gasteiger partial charge >= 0.3 is 5.97 Å². The lowest BCUT2D eigenvalue weighted by atomic mass is 9.81. The highest BCUT2D eigenvalue weighted by molar-refractivity contribution is 6.31. The van der Waals surface area contributed by atoms with Crippen LogP contribution >= 0.6 is 11.6 Å². The molecule has 2 aromatic rings. The number of esters is 1. The van der Waals surface area contributed by atoms with E-state index in [-0.39, 0.29) is 12.5 Å². The van der Waals surface area contributed by atoms with Crippen molar-refractivity contribution in [2.24, 2.45) is 0 Å². The molecule has 0 spiro atoms. The number of aryl methyl sites for hydroxylation is 1. The number of halogens is 1. The molecule has 1 atom stereocenters. The van der Waals surface area contributed by atoms with Crippen LogP contribution in [0.25, 0.3) is 5.57 Å². The normalized spacial score (nSPS) is 19.2. The van der Waals surface area contributed by atoms with E-state index in [1.165, 1.54) is 23.6 Å². The standard InChI is InChI=1S/C32H36ClNO4/c1-5-22-10-12-23(13-11-22)20-38-32(4)17-16-25(33)19-29(32)27-9-7-8-26(27)24-14-15-30(34-21(3)35)28(18-24)31(36)37-6-2/h10-16,18-19H,5-9,17,20H2,1-4H3,(H,34,35). The third-order valence-corrected chi connectivity index (χ3v) is 7.51. The number of nitrogens with one attached hydrogen (secondary N) is 1.